The van der Waals surface area contributed by atoms with Gasteiger partial charge in [-0.05, 0) is 15.9 Å². The Hall–Kier alpha value is -1.05. The lowest BCUT2D eigenvalue weighted by Crippen LogP contribution is -2.25. The highest BCUT2D eigenvalue weighted by Gasteiger charge is 2.27. The minimum atomic E-state index is -4.17. The number of hydrogen-bond donors (Lipinski definition) is 1. The Morgan fingerprint density at radius 2 is 2.12 bits per heavy atom. The molecule has 0 fully saturated rings. The fraction of sp³-hybridized carbons (Fsp3) is 0.556. The summed E-state index contributed by atoms with van der Waals surface area (Å²) in [6.45, 7) is -0.151. The van der Waals surface area contributed by atoms with Crippen molar-refractivity contribution in [3.05, 3.63) is 10.7 Å². The van der Waals surface area contributed by atoms with Crippen molar-refractivity contribution < 1.29 is 13.2 Å². The molecule has 96 valence electrons. The van der Waals surface area contributed by atoms with Gasteiger partial charge in [0.15, 0.2) is 0 Å². The van der Waals surface area contributed by atoms with Gasteiger partial charge in [-0.3, -0.25) is 0 Å². The van der Waals surface area contributed by atoms with Crippen LogP contribution in [0.3, 0.4) is 0 Å². The van der Waals surface area contributed by atoms with Gasteiger partial charge in [-0.25, -0.2) is 4.98 Å². The zero-order valence-corrected chi connectivity index (χ0v) is 10.9. The molecule has 1 N–H and O–H groups in total. The molecule has 0 aliphatic carbocycles. The van der Waals surface area contributed by atoms with Gasteiger partial charge in [0, 0.05) is 26.8 Å². The Morgan fingerprint density at radius 1 is 1.47 bits per heavy atom. The molecular weight excluding hydrogens is 301 g/mol. The van der Waals surface area contributed by atoms with Gasteiger partial charge in [-0.15, -0.1) is 0 Å². The SMILES string of the molecule is CNc1ncc(Br)c(N(C)CCC(F)(F)F)n1. The average Bonchev–Trinajstić information content (AvgIpc) is 2.25. The summed E-state index contributed by atoms with van der Waals surface area (Å²) < 4.78 is 36.8. The van der Waals surface area contributed by atoms with E-state index in [1.54, 1.807) is 14.1 Å². The minimum Gasteiger partial charge on any atom is -0.358 e. The first-order chi connectivity index (χ1) is 7.83. The third kappa shape index (κ3) is 4.37. The van der Waals surface area contributed by atoms with Crippen molar-refractivity contribution in [3.8, 4) is 0 Å². The van der Waals surface area contributed by atoms with E-state index in [9.17, 15) is 13.2 Å². The molecule has 1 aromatic rings. The van der Waals surface area contributed by atoms with Crippen LogP contribution in [0.25, 0.3) is 0 Å². The van der Waals surface area contributed by atoms with E-state index < -0.39 is 12.6 Å². The van der Waals surface area contributed by atoms with Gasteiger partial charge in [0.1, 0.15) is 5.82 Å². The van der Waals surface area contributed by atoms with Crippen molar-refractivity contribution in [2.75, 3.05) is 30.9 Å². The predicted molar refractivity (Wildman–Crippen MR) is 63.2 cm³/mol. The Morgan fingerprint density at radius 3 is 2.65 bits per heavy atom. The number of alkyl halides is 3. The average molecular weight is 313 g/mol. The van der Waals surface area contributed by atoms with Crippen LogP contribution >= 0.6 is 15.9 Å². The summed E-state index contributed by atoms with van der Waals surface area (Å²) in [7, 11) is 3.20. The largest absolute Gasteiger partial charge is 0.390 e. The molecule has 1 heterocycles. The molecule has 4 nitrogen and oxygen atoms in total. The first kappa shape index (κ1) is 14.0. The van der Waals surface area contributed by atoms with Crippen molar-refractivity contribution >= 4 is 27.7 Å². The van der Waals surface area contributed by atoms with E-state index in [0.717, 1.165) is 0 Å². The zero-order valence-electron chi connectivity index (χ0n) is 9.35. The number of hydrogen-bond acceptors (Lipinski definition) is 4. The van der Waals surface area contributed by atoms with Crippen molar-refractivity contribution in [1.29, 1.82) is 0 Å². The molecule has 0 amide bonds. The van der Waals surface area contributed by atoms with Crippen LogP contribution in [0.4, 0.5) is 24.9 Å². The molecular formula is C9H12BrF3N4. The topological polar surface area (TPSA) is 41.1 Å². The molecule has 0 aliphatic rings. The summed E-state index contributed by atoms with van der Waals surface area (Å²) in [6.07, 6.45) is -3.55. The standard InChI is InChI=1S/C9H12BrF3N4/c1-14-8-15-5-6(10)7(16-8)17(2)4-3-9(11,12)13/h5H,3-4H2,1-2H3,(H,14,15,16). The van der Waals surface area contributed by atoms with E-state index in [4.69, 9.17) is 0 Å². The fourth-order valence-corrected chi connectivity index (χ4v) is 1.64. The highest BCUT2D eigenvalue weighted by atomic mass is 79.9. The lowest BCUT2D eigenvalue weighted by Gasteiger charge is -2.20. The normalized spacial score (nSPS) is 11.4. The summed E-state index contributed by atoms with van der Waals surface area (Å²) in [5.41, 5.74) is 0. The third-order valence-corrected chi connectivity index (χ3v) is 2.60. The molecule has 0 radical (unpaired) electrons. The molecule has 17 heavy (non-hydrogen) atoms. The van der Waals surface area contributed by atoms with Crippen molar-refractivity contribution in [3.63, 3.8) is 0 Å². The van der Waals surface area contributed by atoms with Gasteiger partial charge in [0.2, 0.25) is 5.95 Å². The molecule has 1 aromatic heterocycles. The first-order valence-corrected chi connectivity index (χ1v) is 5.61. The lowest BCUT2D eigenvalue weighted by molar-refractivity contribution is -0.132. The van der Waals surface area contributed by atoms with Gasteiger partial charge in [-0.1, -0.05) is 0 Å². The van der Waals surface area contributed by atoms with Crippen molar-refractivity contribution in [2.24, 2.45) is 0 Å². The van der Waals surface area contributed by atoms with Crippen LogP contribution in [0.15, 0.2) is 10.7 Å². The number of aromatic nitrogens is 2. The molecule has 0 spiro atoms. The quantitative estimate of drug-likeness (QED) is 0.928. The van der Waals surface area contributed by atoms with Crippen LogP contribution in [0.2, 0.25) is 0 Å². The maximum absolute atomic E-state index is 12.1. The molecule has 0 unspecified atom stereocenters. The number of nitrogens with zero attached hydrogens (tertiary/aromatic N) is 3. The van der Waals surface area contributed by atoms with Gasteiger partial charge < -0.3 is 10.2 Å². The van der Waals surface area contributed by atoms with E-state index in [-0.39, 0.29) is 6.54 Å². The second-order valence-electron chi connectivity index (χ2n) is 3.40. The Bertz CT molecular complexity index is 383. The van der Waals surface area contributed by atoms with E-state index >= 15 is 0 Å². The van der Waals surface area contributed by atoms with Crippen LogP contribution in [-0.4, -0.2) is 36.8 Å². The maximum atomic E-state index is 12.1. The van der Waals surface area contributed by atoms with Crippen molar-refractivity contribution in [1.82, 2.24) is 9.97 Å². The van der Waals surface area contributed by atoms with E-state index in [0.29, 0.717) is 16.2 Å². The molecule has 0 atom stereocenters. The Kier molecular flexibility index (Phi) is 4.55. The highest BCUT2D eigenvalue weighted by molar-refractivity contribution is 9.10. The lowest BCUT2D eigenvalue weighted by atomic mass is 10.4. The van der Waals surface area contributed by atoms with Gasteiger partial charge in [-0.2, -0.15) is 18.2 Å². The summed E-state index contributed by atoms with van der Waals surface area (Å²) >= 11 is 3.20. The van der Waals surface area contributed by atoms with Gasteiger partial charge in [0.05, 0.1) is 10.9 Å². The van der Waals surface area contributed by atoms with Crippen LogP contribution in [0, 0.1) is 0 Å². The Balaban J connectivity index is 2.77. The molecule has 0 saturated carbocycles. The molecule has 0 bridgehead atoms. The molecule has 8 heteroatoms. The van der Waals surface area contributed by atoms with E-state index in [1.165, 1.54) is 11.1 Å². The van der Waals surface area contributed by atoms with E-state index in [1.807, 2.05) is 0 Å². The summed E-state index contributed by atoms with van der Waals surface area (Å²) in [6, 6.07) is 0. The summed E-state index contributed by atoms with van der Waals surface area (Å²) in [5.74, 6) is 0.788. The minimum absolute atomic E-state index is 0.151. The number of halogens is 4. The van der Waals surface area contributed by atoms with Crippen LogP contribution in [0.1, 0.15) is 6.42 Å². The van der Waals surface area contributed by atoms with Gasteiger partial charge in [0.25, 0.3) is 0 Å². The summed E-state index contributed by atoms with van der Waals surface area (Å²) in [5, 5.41) is 2.73. The number of nitrogens with one attached hydrogen (secondary N) is 1. The second-order valence-corrected chi connectivity index (χ2v) is 4.26. The second kappa shape index (κ2) is 5.52. The molecule has 0 saturated heterocycles. The third-order valence-electron chi connectivity index (χ3n) is 2.04. The van der Waals surface area contributed by atoms with Gasteiger partial charge >= 0.3 is 6.18 Å². The fourth-order valence-electron chi connectivity index (χ4n) is 1.15. The van der Waals surface area contributed by atoms with Crippen molar-refractivity contribution in [2.45, 2.75) is 12.6 Å². The van der Waals surface area contributed by atoms with Crippen LogP contribution < -0.4 is 10.2 Å². The molecule has 0 aromatic carbocycles. The smallest absolute Gasteiger partial charge is 0.358 e. The maximum Gasteiger partial charge on any atom is 0.390 e. The summed E-state index contributed by atoms with van der Waals surface area (Å²) in [4.78, 5) is 9.44. The van der Waals surface area contributed by atoms with Crippen LogP contribution in [0.5, 0.6) is 0 Å². The number of rotatable bonds is 4. The monoisotopic (exact) mass is 312 g/mol. The van der Waals surface area contributed by atoms with E-state index in [2.05, 4.69) is 31.2 Å². The number of anilines is 2. The molecule has 1 rings (SSSR count). The van der Waals surface area contributed by atoms with Crippen LogP contribution in [-0.2, 0) is 0 Å². The predicted octanol–water partition coefficient (Wildman–Crippen LogP) is 2.67. The molecule has 0 aliphatic heterocycles. The zero-order chi connectivity index (χ0) is 13.1. The first-order valence-electron chi connectivity index (χ1n) is 4.81. The Labute approximate surface area is 105 Å². The highest BCUT2D eigenvalue weighted by Crippen LogP contribution is 2.25.